The Morgan fingerprint density at radius 3 is 2.32 bits per heavy atom. The maximum atomic E-state index is 13.1. The molecule has 0 atom stereocenters. The van der Waals surface area contributed by atoms with Gasteiger partial charge >= 0.3 is 0 Å². The van der Waals surface area contributed by atoms with Crippen LogP contribution >= 0.6 is 0 Å². The van der Waals surface area contributed by atoms with Crippen molar-refractivity contribution in [2.75, 3.05) is 0 Å². The van der Waals surface area contributed by atoms with Crippen LogP contribution in [-0.2, 0) is 0 Å². The van der Waals surface area contributed by atoms with Gasteiger partial charge in [0.15, 0.2) is 11.6 Å². The third-order valence-electron chi connectivity index (χ3n) is 2.51. The van der Waals surface area contributed by atoms with Gasteiger partial charge in [-0.05, 0) is 29.8 Å². The molecule has 0 heterocycles. The topological polar surface area (TPSA) is 43.1 Å². The lowest BCUT2D eigenvalue weighted by Crippen LogP contribution is -1.97. The smallest absolute Gasteiger partial charge is 0.258 e. The summed E-state index contributed by atoms with van der Waals surface area (Å²) in [6.45, 7) is 0. The zero-order chi connectivity index (χ0) is 13.8. The van der Waals surface area contributed by atoms with Gasteiger partial charge in [0.2, 0.25) is 0 Å². The third kappa shape index (κ3) is 3.01. The van der Waals surface area contributed by atoms with Gasteiger partial charge in [-0.25, -0.2) is 8.78 Å². The number of benzene rings is 2. The number of nitro groups is 1. The molecule has 0 aliphatic rings. The molecule has 2 aromatic rings. The predicted molar refractivity (Wildman–Crippen MR) is 67.7 cm³/mol. The maximum Gasteiger partial charge on any atom is 0.277 e. The van der Waals surface area contributed by atoms with Gasteiger partial charge < -0.3 is 0 Å². The van der Waals surface area contributed by atoms with Crippen molar-refractivity contribution in [1.29, 1.82) is 0 Å². The minimum atomic E-state index is -1.04. The fourth-order valence-corrected chi connectivity index (χ4v) is 1.61. The van der Waals surface area contributed by atoms with E-state index in [9.17, 15) is 18.9 Å². The first-order valence-corrected chi connectivity index (χ1v) is 5.44. The highest BCUT2D eigenvalue weighted by Gasteiger charge is 2.14. The number of halogens is 2. The van der Waals surface area contributed by atoms with Gasteiger partial charge in [0.05, 0.1) is 10.5 Å². The monoisotopic (exact) mass is 261 g/mol. The van der Waals surface area contributed by atoms with Gasteiger partial charge in [0.25, 0.3) is 5.70 Å². The zero-order valence-corrected chi connectivity index (χ0v) is 9.72. The summed E-state index contributed by atoms with van der Waals surface area (Å²) in [5.74, 6) is -2.02. The van der Waals surface area contributed by atoms with Crippen molar-refractivity contribution in [3.05, 3.63) is 81.4 Å². The molecule has 0 aromatic heterocycles. The van der Waals surface area contributed by atoms with Crippen molar-refractivity contribution in [3.8, 4) is 0 Å². The fraction of sp³-hybridized carbons (Fsp3) is 0. The second-order valence-corrected chi connectivity index (χ2v) is 3.83. The highest BCUT2D eigenvalue weighted by atomic mass is 19.2. The Kier molecular flexibility index (Phi) is 3.66. The molecule has 0 aliphatic heterocycles. The van der Waals surface area contributed by atoms with E-state index >= 15 is 0 Å². The Morgan fingerprint density at radius 2 is 1.74 bits per heavy atom. The predicted octanol–water partition coefficient (Wildman–Crippen LogP) is 3.74. The molecule has 19 heavy (non-hydrogen) atoms. The average Bonchev–Trinajstić information content (AvgIpc) is 2.40. The van der Waals surface area contributed by atoms with Crippen molar-refractivity contribution in [2.45, 2.75) is 0 Å². The molecule has 96 valence electrons. The molecular formula is C14H9F2NO2. The summed E-state index contributed by atoms with van der Waals surface area (Å²) >= 11 is 0. The summed E-state index contributed by atoms with van der Waals surface area (Å²) in [6.07, 6.45) is 1.21. The lowest BCUT2D eigenvalue weighted by molar-refractivity contribution is -0.374. The fourth-order valence-electron chi connectivity index (χ4n) is 1.61. The first kappa shape index (κ1) is 12.9. The Hall–Kier alpha value is -2.56. The second kappa shape index (κ2) is 5.39. The van der Waals surface area contributed by atoms with Crippen molar-refractivity contribution < 1.29 is 13.7 Å². The van der Waals surface area contributed by atoms with Crippen LogP contribution in [-0.4, -0.2) is 4.92 Å². The van der Waals surface area contributed by atoms with Crippen molar-refractivity contribution >= 4 is 11.8 Å². The minimum absolute atomic E-state index is 0.174. The van der Waals surface area contributed by atoms with Gasteiger partial charge in [0.1, 0.15) is 0 Å². The van der Waals surface area contributed by atoms with E-state index in [1.54, 1.807) is 30.3 Å². The molecule has 0 spiro atoms. The average molecular weight is 261 g/mol. The Labute approximate surface area is 108 Å². The van der Waals surface area contributed by atoms with E-state index in [-0.39, 0.29) is 11.3 Å². The molecule has 3 nitrogen and oxygen atoms in total. The van der Waals surface area contributed by atoms with Crippen LogP contribution in [0.1, 0.15) is 11.1 Å². The molecule has 2 rings (SSSR count). The van der Waals surface area contributed by atoms with Crippen LogP contribution in [0.3, 0.4) is 0 Å². The van der Waals surface area contributed by atoms with E-state index in [4.69, 9.17) is 0 Å². The summed E-state index contributed by atoms with van der Waals surface area (Å²) < 4.78 is 25.8. The van der Waals surface area contributed by atoms with Gasteiger partial charge in [-0.15, -0.1) is 0 Å². The molecule has 0 N–H and O–H groups in total. The molecule has 0 unspecified atom stereocenters. The van der Waals surface area contributed by atoms with E-state index < -0.39 is 16.6 Å². The van der Waals surface area contributed by atoms with Crippen LogP contribution < -0.4 is 0 Å². The summed E-state index contributed by atoms with van der Waals surface area (Å²) in [7, 11) is 0. The van der Waals surface area contributed by atoms with Crippen LogP contribution in [0, 0.1) is 21.7 Å². The van der Waals surface area contributed by atoms with Gasteiger partial charge in [-0.3, -0.25) is 10.1 Å². The molecule has 0 amide bonds. The number of hydrogen-bond acceptors (Lipinski definition) is 2. The largest absolute Gasteiger partial charge is 0.277 e. The first-order chi connectivity index (χ1) is 9.08. The quantitative estimate of drug-likeness (QED) is 0.480. The lowest BCUT2D eigenvalue weighted by atomic mass is 10.1. The minimum Gasteiger partial charge on any atom is -0.258 e. The highest BCUT2D eigenvalue weighted by molar-refractivity contribution is 5.76. The van der Waals surface area contributed by atoms with Gasteiger partial charge in [-0.2, -0.15) is 0 Å². The summed E-state index contributed by atoms with van der Waals surface area (Å²) in [5, 5.41) is 11.0. The summed E-state index contributed by atoms with van der Waals surface area (Å²) in [6, 6.07) is 11.4. The lowest BCUT2D eigenvalue weighted by Gasteiger charge is -2.00. The van der Waals surface area contributed by atoms with E-state index in [0.29, 0.717) is 5.56 Å². The van der Waals surface area contributed by atoms with Crippen LogP contribution in [0.2, 0.25) is 0 Å². The molecule has 0 aliphatic carbocycles. The molecule has 0 radical (unpaired) electrons. The number of rotatable bonds is 3. The van der Waals surface area contributed by atoms with Gasteiger partial charge in [0, 0.05) is 6.08 Å². The Balaban J connectivity index is 2.47. The number of nitrogens with zero attached hydrogens (tertiary/aromatic N) is 1. The summed E-state index contributed by atoms with van der Waals surface area (Å²) in [4.78, 5) is 10.5. The molecule has 0 bridgehead atoms. The van der Waals surface area contributed by atoms with Crippen LogP contribution in [0.4, 0.5) is 8.78 Å². The first-order valence-electron chi connectivity index (χ1n) is 5.44. The zero-order valence-electron chi connectivity index (χ0n) is 9.72. The maximum absolute atomic E-state index is 13.1. The van der Waals surface area contributed by atoms with Crippen molar-refractivity contribution in [2.24, 2.45) is 0 Å². The molecule has 2 aromatic carbocycles. The number of hydrogen-bond donors (Lipinski definition) is 0. The van der Waals surface area contributed by atoms with E-state index in [2.05, 4.69) is 0 Å². The second-order valence-electron chi connectivity index (χ2n) is 3.83. The molecule has 0 saturated carbocycles. The van der Waals surface area contributed by atoms with Gasteiger partial charge in [-0.1, -0.05) is 24.3 Å². The van der Waals surface area contributed by atoms with Crippen molar-refractivity contribution in [1.82, 2.24) is 0 Å². The van der Waals surface area contributed by atoms with Crippen LogP contribution in [0.15, 0.2) is 48.5 Å². The standard InChI is InChI=1S/C14H9F2NO2/c15-12-7-6-10(8-13(12)16)9-14(17(18)19)11-4-2-1-3-5-11/h1-9H. The third-order valence-corrected chi connectivity index (χ3v) is 2.51. The van der Waals surface area contributed by atoms with E-state index in [1.807, 2.05) is 0 Å². The normalized spacial score (nSPS) is 11.4. The Morgan fingerprint density at radius 1 is 1.05 bits per heavy atom. The molecule has 0 saturated heterocycles. The van der Waals surface area contributed by atoms with Crippen LogP contribution in [0.5, 0.6) is 0 Å². The van der Waals surface area contributed by atoms with E-state index in [0.717, 1.165) is 12.1 Å². The molecular weight excluding hydrogens is 252 g/mol. The summed E-state index contributed by atoms with van der Waals surface area (Å²) in [5.41, 5.74) is 0.457. The molecule has 5 heteroatoms. The van der Waals surface area contributed by atoms with Crippen molar-refractivity contribution in [3.63, 3.8) is 0 Å². The molecule has 0 fully saturated rings. The SMILES string of the molecule is O=[N+]([O-])C(=Cc1ccc(F)c(F)c1)c1ccccc1. The van der Waals surface area contributed by atoms with Crippen LogP contribution in [0.25, 0.3) is 11.8 Å². The highest BCUT2D eigenvalue weighted by Crippen LogP contribution is 2.19. The van der Waals surface area contributed by atoms with E-state index in [1.165, 1.54) is 12.1 Å². The Bertz CT molecular complexity index is 639.